The van der Waals surface area contributed by atoms with Gasteiger partial charge in [0, 0.05) is 45.0 Å². The first-order valence-electron chi connectivity index (χ1n) is 11.1. The van der Waals surface area contributed by atoms with Crippen LogP contribution in [0.15, 0.2) is 24.3 Å². The number of rotatable bonds is 7. The first kappa shape index (κ1) is 23.7. The van der Waals surface area contributed by atoms with Crippen molar-refractivity contribution >= 4 is 21.8 Å². The Morgan fingerprint density at radius 2 is 1.65 bits per heavy atom. The Morgan fingerprint density at radius 3 is 2.19 bits per heavy atom. The number of amides is 1. The summed E-state index contributed by atoms with van der Waals surface area (Å²) in [5.74, 6) is 1.41. The first-order valence-corrected chi connectivity index (χ1v) is 13.0. The van der Waals surface area contributed by atoms with Crippen LogP contribution < -0.4 is 9.64 Å². The summed E-state index contributed by atoms with van der Waals surface area (Å²) >= 11 is 0. The third kappa shape index (κ3) is 7.00. The Labute approximate surface area is 186 Å². The van der Waals surface area contributed by atoms with Gasteiger partial charge in [-0.15, -0.1) is 0 Å². The van der Waals surface area contributed by atoms with E-state index in [1.807, 2.05) is 38.1 Å². The van der Waals surface area contributed by atoms with E-state index in [1.54, 1.807) is 4.90 Å². The highest BCUT2D eigenvalue weighted by Crippen LogP contribution is 2.24. The van der Waals surface area contributed by atoms with Crippen molar-refractivity contribution in [3.05, 3.63) is 24.3 Å². The van der Waals surface area contributed by atoms with E-state index in [0.29, 0.717) is 38.7 Å². The molecule has 1 aromatic carbocycles. The van der Waals surface area contributed by atoms with E-state index in [9.17, 15) is 13.2 Å². The lowest BCUT2D eigenvalue weighted by Gasteiger charge is -2.34. The Morgan fingerprint density at radius 1 is 1.03 bits per heavy atom. The zero-order valence-electron chi connectivity index (χ0n) is 18.8. The molecule has 3 rings (SSSR count). The summed E-state index contributed by atoms with van der Waals surface area (Å²) < 4.78 is 36.0. The van der Waals surface area contributed by atoms with E-state index in [1.165, 1.54) is 10.6 Å². The number of hydrogen-bond acceptors (Lipinski definition) is 6. The van der Waals surface area contributed by atoms with E-state index < -0.39 is 10.0 Å². The normalized spacial score (nSPS) is 19.0. The highest BCUT2D eigenvalue weighted by atomic mass is 32.2. The maximum atomic E-state index is 12.0. The largest absolute Gasteiger partial charge is 0.494 e. The standard InChI is InChI=1S/C22H35N3O5S/c1-18(2)30-22(26)24-11-8-19(9-12-24)10-17-29-21-6-4-20(5-7-21)23-13-15-25(16-14-23)31(3,27)28/h4-7,18-19H,8-17H2,1-3H3. The second-order valence-electron chi connectivity index (χ2n) is 8.64. The van der Waals surface area contributed by atoms with Crippen molar-refractivity contribution in [1.82, 2.24) is 9.21 Å². The number of hydrogen-bond donors (Lipinski definition) is 0. The number of ether oxygens (including phenoxy) is 2. The van der Waals surface area contributed by atoms with Gasteiger partial charge in [0.25, 0.3) is 0 Å². The zero-order valence-corrected chi connectivity index (χ0v) is 19.6. The van der Waals surface area contributed by atoms with Crippen molar-refractivity contribution in [3.8, 4) is 5.75 Å². The lowest BCUT2D eigenvalue weighted by Crippen LogP contribution is -2.48. The van der Waals surface area contributed by atoms with Crippen molar-refractivity contribution in [3.63, 3.8) is 0 Å². The molecule has 1 aromatic rings. The molecule has 0 spiro atoms. The quantitative estimate of drug-likeness (QED) is 0.632. The Balaban J connectivity index is 1.36. The monoisotopic (exact) mass is 453 g/mol. The van der Waals surface area contributed by atoms with Gasteiger partial charge in [0.05, 0.1) is 19.0 Å². The Hall–Kier alpha value is -2.00. The highest BCUT2D eigenvalue weighted by Gasteiger charge is 2.25. The van der Waals surface area contributed by atoms with Gasteiger partial charge in [-0.1, -0.05) is 0 Å². The summed E-state index contributed by atoms with van der Waals surface area (Å²) in [6, 6.07) is 8.01. The van der Waals surface area contributed by atoms with Crippen molar-refractivity contribution < 1.29 is 22.7 Å². The van der Waals surface area contributed by atoms with Crippen LogP contribution in [0.4, 0.5) is 10.5 Å². The van der Waals surface area contributed by atoms with E-state index in [-0.39, 0.29) is 12.2 Å². The summed E-state index contributed by atoms with van der Waals surface area (Å²) in [4.78, 5) is 16.0. The second kappa shape index (κ2) is 10.5. The van der Waals surface area contributed by atoms with Crippen molar-refractivity contribution in [2.24, 2.45) is 5.92 Å². The lowest BCUT2D eigenvalue weighted by molar-refractivity contribution is 0.0637. The van der Waals surface area contributed by atoms with Gasteiger partial charge < -0.3 is 19.3 Å². The van der Waals surface area contributed by atoms with E-state index >= 15 is 0 Å². The van der Waals surface area contributed by atoms with Crippen molar-refractivity contribution in [1.29, 1.82) is 0 Å². The average Bonchev–Trinajstić information content (AvgIpc) is 2.74. The number of benzene rings is 1. The van der Waals surface area contributed by atoms with Crippen LogP contribution in [0.5, 0.6) is 5.75 Å². The molecule has 2 heterocycles. The smallest absolute Gasteiger partial charge is 0.410 e. The third-order valence-electron chi connectivity index (χ3n) is 5.91. The number of anilines is 1. The van der Waals surface area contributed by atoms with Crippen LogP contribution in [0.2, 0.25) is 0 Å². The highest BCUT2D eigenvalue weighted by molar-refractivity contribution is 7.88. The van der Waals surface area contributed by atoms with Gasteiger partial charge in [-0.05, 0) is 63.3 Å². The molecule has 0 saturated carbocycles. The molecule has 0 atom stereocenters. The molecule has 1 amide bonds. The Bertz CT molecular complexity index is 812. The number of carbonyl (C=O) groups excluding carboxylic acids is 1. The van der Waals surface area contributed by atoms with Crippen LogP contribution in [-0.4, -0.2) is 82.0 Å². The number of likely N-dealkylation sites (tertiary alicyclic amines) is 1. The van der Waals surface area contributed by atoms with E-state index in [2.05, 4.69) is 4.90 Å². The van der Waals surface area contributed by atoms with E-state index in [0.717, 1.165) is 43.8 Å². The minimum Gasteiger partial charge on any atom is -0.494 e. The fraction of sp³-hybridized carbons (Fsp3) is 0.682. The molecule has 0 aliphatic carbocycles. The topological polar surface area (TPSA) is 79.4 Å². The molecular weight excluding hydrogens is 418 g/mol. The van der Waals surface area contributed by atoms with Gasteiger partial charge in [0.2, 0.25) is 10.0 Å². The van der Waals surface area contributed by atoms with Gasteiger partial charge in [-0.2, -0.15) is 4.31 Å². The van der Waals surface area contributed by atoms with Gasteiger partial charge in [-0.25, -0.2) is 13.2 Å². The molecule has 2 aliphatic heterocycles. The fourth-order valence-corrected chi connectivity index (χ4v) is 4.88. The van der Waals surface area contributed by atoms with Crippen LogP contribution in [0.1, 0.15) is 33.1 Å². The van der Waals surface area contributed by atoms with Crippen LogP contribution >= 0.6 is 0 Å². The molecule has 174 valence electrons. The number of nitrogens with zero attached hydrogens (tertiary/aromatic N) is 3. The fourth-order valence-electron chi connectivity index (χ4n) is 4.05. The predicted octanol–water partition coefficient (Wildman–Crippen LogP) is 2.79. The maximum absolute atomic E-state index is 12.0. The van der Waals surface area contributed by atoms with Gasteiger partial charge >= 0.3 is 6.09 Å². The number of sulfonamides is 1. The molecular formula is C22H35N3O5S. The molecule has 0 bridgehead atoms. The molecule has 2 fully saturated rings. The van der Waals surface area contributed by atoms with Crippen LogP contribution in [0, 0.1) is 5.92 Å². The molecule has 2 saturated heterocycles. The van der Waals surface area contributed by atoms with Gasteiger partial charge in [0.15, 0.2) is 0 Å². The van der Waals surface area contributed by atoms with E-state index in [4.69, 9.17) is 9.47 Å². The second-order valence-corrected chi connectivity index (χ2v) is 10.6. The number of piperidine rings is 1. The number of piperazine rings is 1. The third-order valence-corrected chi connectivity index (χ3v) is 7.22. The lowest BCUT2D eigenvalue weighted by atomic mass is 9.94. The first-order chi connectivity index (χ1) is 14.7. The molecule has 2 aliphatic rings. The predicted molar refractivity (Wildman–Crippen MR) is 121 cm³/mol. The molecule has 31 heavy (non-hydrogen) atoms. The van der Waals surface area contributed by atoms with Crippen molar-refractivity contribution in [2.45, 2.75) is 39.2 Å². The van der Waals surface area contributed by atoms with Crippen LogP contribution in [0.25, 0.3) is 0 Å². The average molecular weight is 454 g/mol. The SMILES string of the molecule is CC(C)OC(=O)N1CCC(CCOc2ccc(N3CCN(S(C)(=O)=O)CC3)cc2)CC1. The molecule has 0 aromatic heterocycles. The molecule has 0 unspecified atom stereocenters. The zero-order chi connectivity index (χ0) is 22.4. The molecule has 0 radical (unpaired) electrons. The van der Waals surface area contributed by atoms with Crippen molar-refractivity contribution in [2.75, 3.05) is 57.0 Å². The minimum atomic E-state index is -3.11. The summed E-state index contributed by atoms with van der Waals surface area (Å²) in [6.07, 6.45) is 3.91. The van der Waals surface area contributed by atoms with Gasteiger partial charge in [0.1, 0.15) is 5.75 Å². The Kier molecular flexibility index (Phi) is 8.05. The maximum Gasteiger partial charge on any atom is 0.410 e. The van der Waals surface area contributed by atoms with Crippen LogP contribution in [0.3, 0.4) is 0 Å². The molecule has 9 heteroatoms. The summed E-state index contributed by atoms with van der Waals surface area (Å²) in [5.41, 5.74) is 1.08. The molecule has 0 N–H and O–H groups in total. The summed E-state index contributed by atoms with van der Waals surface area (Å²) in [5, 5.41) is 0. The van der Waals surface area contributed by atoms with Crippen LogP contribution in [-0.2, 0) is 14.8 Å². The summed E-state index contributed by atoms with van der Waals surface area (Å²) in [6.45, 7) is 8.31. The van der Waals surface area contributed by atoms with Gasteiger partial charge in [-0.3, -0.25) is 0 Å². The number of carbonyl (C=O) groups is 1. The summed E-state index contributed by atoms with van der Waals surface area (Å²) in [7, 11) is -3.11. The minimum absolute atomic E-state index is 0.0814. The molecule has 8 nitrogen and oxygen atoms in total.